The van der Waals surface area contributed by atoms with Crippen LogP contribution in [0.2, 0.25) is 0 Å². The highest BCUT2D eigenvalue weighted by molar-refractivity contribution is 4.61. The van der Waals surface area contributed by atoms with Gasteiger partial charge in [0.25, 0.3) is 0 Å². The Balaban J connectivity index is 2.91. The monoisotopic (exact) mass is 184 g/mol. The van der Waals surface area contributed by atoms with E-state index in [2.05, 4.69) is 0 Å². The standard InChI is InChI=1S/C10H18NO2/c1-2-3-4-5-6-7-8-9-10-11(12)13/h1-2H,3-10H2. The highest BCUT2D eigenvalue weighted by Crippen LogP contribution is 2.06. The van der Waals surface area contributed by atoms with Crippen LogP contribution in [-0.2, 0) is 0 Å². The number of hydrogen-bond acceptors (Lipinski definition) is 2. The van der Waals surface area contributed by atoms with Gasteiger partial charge in [-0.3, -0.25) is 10.1 Å². The number of rotatable bonds is 9. The first-order valence-corrected chi connectivity index (χ1v) is 4.92. The van der Waals surface area contributed by atoms with Crippen molar-refractivity contribution < 1.29 is 4.92 Å². The van der Waals surface area contributed by atoms with Crippen molar-refractivity contribution >= 4 is 0 Å². The van der Waals surface area contributed by atoms with Gasteiger partial charge < -0.3 is 0 Å². The smallest absolute Gasteiger partial charge is 0.203 e. The van der Waals surface area contributed by atoms with E-state index in [0.29, 0.717) is 0 Å². The van der Waals surface area contributed by atoms with E-state index in [1.807, 2.05) is 0 Å². The van der Waals surface area contributed by atoms with E-state index in [4.69, 9.17) is 6.58 Å². The van der Waals surface area contributed by atoms with Gasteiger partial charge in [-0.1, -0.05) is 31.9 Å². The summed E-state index contributed by atoms with van der Waals surface area (Å²) in [5.74, 6) is 0. The highest BCUT2D eigenvalue weighted by Gasteiger charge is 1.96. The molecule has 0 saturated heterocycles. The molecule has 0 fully saturated rings. The van der Waals surface area contributed by atoms with Crippen LogP contribution in [0.1, 0.15) is 44.9 Å². The minimum Gasteiger partial charge on any atom is -0.265 e. The molecule has 75 valence electrons. The van der Waals surface area contributed by atoms with E-state index < -0.39 is 0 Å². The molecule has 0 heterocycles. The zero-order valence-electron chi connectivity index (χ0n) is 8.08. The summed E-state index contributed by atoms with van der Waals surface area (Å²) in [5.41, 5.74) is 0. The van der Waals surface area contributed by atoms with Gasteiger partial charge in [-0.15, -0.1) is 0 Å². The Morgan fingerprint density at radius 1 is 1.08 bits per heavy atom. The molecule has 0 aliphatic heterocycles. The molecule has 0 bridgehead atoms. The lowest BCUT2D eigenvalue weighted by Crippen LogP contribution is -1.99. The topological polar surface area (TPSA) is 43.1 Å². The van der Waals surface area contributed by atoms with Crippen LogP contribution >= 0.6 is 0 Å². The summed E-state index contributed by atoms with van der Waals surface area (Å²) in [6.07, 6.45) is 8.98. The van der Waals surface area contributed by atoms with Crippen LogP contribution in [0.3, 0.4) is 0 Å². The number of hydrogen-bond donors (Lipinski definition) is 0. The van der Waals surface area contributed by atoms with Crippen molar-refractivity contribution in [3.8, 4) is 0 Å². The summed E-state index contributed by atoms with van der Waals surface area (Å²) in [6.45, 7) is 5.35. The second-order valence-electron chi connectivity index (χ2n) is 3.20. The van der Waals surface area contributed by atoms with Crippen molar-refractivity contribution in [2.75, 3.05) is 6.54 Å². The van der Waals surface area contributed by atoms with Crippen LogP contribution < -0.4 is 0 Å². The van der Waals surface area contributed by atoms with Gasteiger partial charge in [-0.25, -0.2) is 0 Å². The van der Waals surface area contributed by atoms with Crippen molar-refractivity contribution in [2.24, 2.45) is 0 Å². The molecule has 0 aromatic carbocycles. The third kappa shape index (κ3) is 11.1. The van der Waals surface area contributed by atoms with Gasteiger partial charge in [0.1, 0.15) is 0 Å². The molecule has 0 aromatic rings. The third-order valence-electron chi connectivity index (χ3n) is 1.96. The van der Waals surface area contributed by atoms with Gasteiger partial charge in [0.2, 0.25) is 6.54 Å². The van der Waals surface area contributed by atoms with Crippen molar-refractivity contribution in [1.82, 2.24) is 0 Å². The maximum absolute atomic E-state index is 9.96. The second kappa shape index (κ2) is 9.23. The maximum Gasteiger partial charge on any atom is 0.203 e. The van der Waals surface area contributed by atoms with Crippen LogP contribution in [0.25, 0.3) is 0 Å². The molecule has 0 spiro atoms. The minimum absolute atomic E-state index is 0.122. The summed E-state index contributed by atoms with van der Waals surface area (Å²) < 4.78 is 0. The summed E-state index contributed by atoms with van der Waals surface area (Å²) in [4.78, 5) is 9.71. The Labute approximate surface area is 80.0 Å². The van der Waals surface area contributed by atoms with E-state index in [9.17, 15) is 10.1 Å². The lowest BCUT2D eigenvalue weighted by molar-refractivity contribution is -0.480. The molecule has 3 nitrogen and oxygen atoms in total. The van der Waals surface area contributed by atoms with E-state index in [-0.39, 0.29) is 11.5 Å². The second-order valence-corrected chi connectivity index (χ2v) is 3.20. The van der Waals surface area contributed by atoms with Gasteiger partial charge in [-0.05, 0) is 19.3 Å². The summed E-state index contributed by atoms with van der Waals surface area (Å²) in [7, 11) is 0. The third-order valence-corrected chi connectivity index (χ3v) is 1.96. The number of allylic oxidation sites excluding steroid dienone is 1. The number of nitrogens with zero attached hydrogens (tertiary/aromatic N) is 1. The number of nitro groups is 1. The van der Waals surface area contributed by atoms with E-state index >= 15 is 0 Å². The van der Waals surface area contributed by atoms with E-state index in [1.54, 1.807) is 6.08 Å². The lowest BCUT2D eigenvalue weighted by atomic mass is 10.1. The molecule has 0 saturated carbocycles. The molecule has 0 unspecified atom stereocenters. The van der Waals surface area contributed by atoms with Crippen molar-refractivity contribution in [3.63, 3.8) is 0 Å². The molecular formula is C10H18NO2. The average Bonchev–Trinajstić information content (AvgIpc) is 2.09. The zero-order valence-corrected chi connectivity index (χ0v) is 8.08. The molecule has 0 amide bonds. The normalized spacial score (nSPS) is 9.85. The fourth-order valence-corrected chi connectivity index (χ4v) is 1.21. The van der Waals surface area contributed by atoms with Crippen LogP contribution in [0, 0.1) is 16.7 Å². The first-order chi connectivity index (χ1) is 6.27. The zero-order chi connectivity index (χ0) is 9.94. The van der Waals surface area contributed by atoms with Gasteiger partial charge in [0.05, 0.1) is 0 Å². The van der Waals surface area contributed by atoms with Crippen molar-refractivity contribution in [2.45, 2.75) is 44.9 Å². The molecule has 0 aliphatic rings. The molecule has 0 N–H and O–H groups in total. The van der Waals surface area contributed by atoms with Gasteiger partial charge in [-0.2, -0.15) is 0 Å². The Morgan fingerprint density at radius 2 is 1.62 bits per heavy atom. The first kappa shape index (κ1) is 12.1. The highest BCUT2D eigenvalue weighted by atomic mass is 16.6. The Morgan fingerprint density at radius 3 is 2.15 bits per heavy atom. The molecule has 0 aromatic heterocycles. The average molecular weight is 184 g/mol. The predicted octanol–water partition coefficient (Wildman–Crippen LogP) is 2.98. The van der Waals surface area contributed by atoms with Crippen LogP contribution in [0.5, 0.6) is 0 Å². The van der Waals surface area contributed by atoms with Gasteiger partial charge in [0.15, 0.2) is 0 Å². The molecule has 0 rings (SSSR count). The lowest BCUT2D eigenvalue weighted by Gasteiger charge is -1.97. The SMILES string of the molecule is [CH]=CCCCCCCCC[N+](=O)[O-]. The quantitative estimate of drug-likeness (QED) is 0.314. The molecule has 0 aliphatic carbocycles. The predicted molar refractivity (Wildman–Crippen MR) is 53.1 cm³/mol. The Kier molecular flexibility index (Phi) is 8.62. The first-order valence-electron chi connectivity index (χ1n) is 4.92. The fraction of sp³-hybridized carbons (Fsp3) is 0.800. The van der Waals surface area contributed by atoms with Crippen LogP contribution in [-0.4, -0.2) is 11.5 Å². The maximum atomic E-state index is 9.96. The Hall–Kier alpha value is -0.860. The fourth-order valence-electron chi connectivity index (χ4n) is 1.21. The van der Waals surface area contributed by atoms with Gasteiger partial charge in [0, 0.05) is 11.3 Å². The molecule has 0 atom stereocenters. The summed E-state index contributed by atoms with van der Waals surface area (Å²) in [5, 5.41) is 9.96. The van der Waals surface area contributed by atoms with Crippen LogP contribution in [0.4, 0.5) is 0 Å². The van der Waals surface area contributed by atoms with E-state index in [1.165, 1.54) is 12.8 Å². The number of unbranched alkanes of at least 4 members (excludes halogenated alkanes) is 6. The Bertz CT molecular complexity index is 146. The summed E-state index contributed by atoms with van der Waals surface area (Å²) >= 11 is 0. The molecule has 13 heavy (non-hydrogen) atoms. The van der Waals surface area contributed by atoms with Crippen molar-refractivity contribution in [3.05, 3.63) is 22.8 Å². The minimum atomic E-state index is -0.247. The molecular weight excluding hydrogens is 166 g/mol. The summed E-state index contributed by atoms with van der Waals surface area (Å²) in [6, 6.07) is 0. The largest absolute Gasteiger partial charge is 0.265 e. The molecule has 1 radical (unpaired) electrons. The van der Waals surface area contributed by atoms with E-state index in [0.717, 1.165) is 32.1 Å². The van der Waals surface area contributed by atoms with Crippen LogP contribution in [0.15, 0.2) is 6.08 Å². The van der Waals surface area contributed by atoms with Crippen molar-refractivity contribution in [1.29, 1.82) is 0 Å². The van der Waals surface area contributed by atoms with Gasteiger partial charge >= 0.3 is 0 Å². The molecule has 3 heteroatoms.